The van der Waals surface area contributed by atoms with Gasteiger partial charge in [0.2, 0.25) is 9.84 Å². The van der Waals surface area contributed by atoms with Gasteiger partial charge in [0.15, 0.2) is 0 Å². The van der Waals surface area contributed by atoms with E-state index >= 15 is 0 Å². The molecule has 1 aliphatic rings. The van der Waals surface area contributed by atoms with Crippen LogP contribution in [0.2, 0.25) is 0 Å². The summed E-state index contributed by atoms with van der Waals surface area (Å²) in [6, 6.07) is 2.65. The summed E-state index contributed by atoms with van der Waals surface area (Å²) in [6.45, 7) is 0.0956. The van der Waals surface area contributed by atoms with Crippen LogP contribution in [0.5, 0.6) is 0 Å². The van der Waals surface area contributed by atoms with Crippen molar-refractivity contribution >= 4 is 15.9 Å². The second-order valence-electron chi connectivity index (χ2n) is 3.89. The Labute approximate surface area is 102 Å². The molecule has 0 spiro atoms. The van der Waals surface area contributed by atoms with Crippen molar-refractivity contribution in [2.45, 2.75) is 11.1 Å². The number of fused-ring (bicyclic) bond motifs is 1. The smallest absolute Gasteiger partial charge is 0.315 e. The predicted molar refractivity (Wildman–Crippen MR) is 60.5 cm³/mol. The Bertz CT molecular complexity index is 618. The largest absolute Gasteiger partial charge is 0.416 e. The Morgan fingerprint density at radius 1 is 1.28 bits per heavy atom. The lowest BCUT2D eigenvalue weighted by atomic mass is 10.1. The fourth-order valence-corrected chi connectivity index (χ4v) is 3.37. The average molecular weight is 277 g/mol. The van der Waals surface area contributed by atoms with Gasteiger partial charge in [0.25, 0.3) is 0 Å². The SMILES string of the molecule is CNCC1=Cc2cc(C(F)(F)F)ccc2S1(=O)=O. The molecule has 98 valence electrons. The lowest BCUT2D eigenvalue weighted by Crippen LogP contribution is -2.15. The summed E-state index contributed by atoms with van der Waals surface area (Å²) in [5.74, 6) is 0. The number of sulfone groups is 1. The van der Waals surface area contributed by atoms with Gasteiger partial charge in [0.1, 0.15) is 0 Å². The van der Waals surface area contributed by atoms with Crippen molar-refractivity contribution in [3.63, 3.8) is 0 Å². The maximum atomic E-state index is 12.5. The first-order valence-corrected chi connectivity index (χ1v) is 6.56. The van der Waals surface area contributed by atoms with Gasteiger partial charge in [0, 0.05) is 6.54 Å². The molecule has 0 bridgehead atoms. The molecule has 0 amide bonds. The molecule has 0 radical (unpaired) electrons. The summed E-state index contributed by atoms with van der Waals surface area (Å²) < 4.78 is 61.4. The Hall–Kier alpha value is -1.34. The van der Waals surface area contributed by atoms with Crippen LogP contribution in [0.15, 0.2) is 28.0 Å². The van der Waals surface area contributed by atoms with Gasteiger partial charge >= 0.3 is 6.18 Å². The van der Waals surface area contributed by atoms with E-state index in [0.29, 0.717) is 0 Å². The molecule has 1 heterocycles. The molecular weight excluding hydrogens is 267 g/mol. The highest BCUT2D eigenvalue weighted by atomic mass is 32.2. The number of benzene rings is 1. The molecular formula is C11H10F3NO2S. The summed E-state index contributed by atoms with van der Waals surface area (Å²) in [4.78, 5) is 0.0140. The van der Waals surface area contributed by atoms with Crippen molar-refractivity contribution < 1.29 is 21.6 Å². The molecule has 0 atom stereocenters. The van der Waals surface area contributed by atoms with Crippen molar-refractivity contribution in [2.75, 3.05) is 13.6 Å². The van der Waals surface area contributed by atoms with E-state index in [9.17, 15) is 21.6 Å². The number of likely N-dealkylation sites (N-methyl/N-ethyl adjacent to an activating group) is 1. The quantitative estimate of drug-likeness (QED) is 0.900. The second-order valence-corrected chi connectivity index (χ2v) is 5.87. The van der Waals surface area contributed by atoms with Gasteiger partial charge in [-0.15, -0.1) is 0 Å². The zero-order chi connectivity index (χ0) is 13.6. The van der Waals surface area contributed by atoms with E-state index in [1.807, 2.05) is 0 Å². The first kappa shape index (κ1) is 13.1. The third-order valence-electron chi connectivity index (χ3n) is 2.64. The summed E-state index contributed by atoms with van der Waals surface area (Å²) in [5, 5.41) is 2.68. The summed E-state index contributed by atoms with van der Waals surface area (Å²) in [5.41, 5.74) is -0.756. The lowest BCUT2D eigenvalue weighted by Gasteiger charge is -2.08. The number of nitrogens with one attached hydrogen (secondary N) is 1. The molecule has 1 aromatic carbocycles. The molecule has 0 fully saturated rings. The Kier molecular flexibility index (Phi) is 2.98. The minimum atomic E-state index is -4.47. The Balaban J connectivity index is 2.55. The van der Waals surface area contributed by atoms with Crippen LogP contribution >= 0.6 is 0 Å². The van der Waals surface area contributed by atoms with Crippen molar-refractivity contribution in [1.29, 1.82) is 0 Å². The van der Waals surface area contributed by atoms with Crippen molar-refractivity contribution in [3.8, 4) is 0 Å². The van der Waals surface area contributed by atoms with E-state index in [1.54, 1.807) is 7.05 Å². The molecule has 18 heavy (non-hydrogen) atoms. The van der Waals surface area contributed by atoms with Crippen molar-refractivity contribution in [3.05, 3.63) is 34.2 Å². The second kappa shape index (κ2) is 4.10. The van der Waals surface area contributed by atoms with Crippen LogP contribution < -0.4 is 5.32 Å². The summed E-state index contributed by atoms with van der Waals surface area (Å²) in [6.07, 6.45) is -3.20. The van der Waals surface area contributed by atoms with E-state index in [-0.39, 0.29) is 21.9 Å². The molecule has 0 aliphatic carbocycles. The topological polar surface area (TPSA) is 46.2 Å². The highest BCUT2D eigenvalue weighted by Crippen LogP contribution is 2.37. The predicted octanol–water partition coefficient (Wildman–Crippen LogP) is 2.05. The van der Waals surface area contributed by atoms with Crippen LogP contribution in [0.3, 0.4) is 0 Å². The van der Waals surface area contributed by atoms with Gasteiger partial charge in [-0.3, -0.25) is 0 Å². The van der Waals surface area contributed by atoms with Gasteiger partial charge in [-0.2, -0.15) is 13.2 Å². The third-order valence-corrected chi connectivity index (χ3v) is 4.54. The lowest BCUT2D eigenvalue weighted by molar-refractivity contribution is -0.137. The normalized spacial score (nSPS) is 17.4. The third kappa shape index (κ3) is 2.04. The molecule has 1 aromatic rings. The molecule has 0 aromatic heterocycles. The van der Waals surface area contributed by atoms with E-state index < -0.39 is 21.6 Å². The first-order chi connectivity index (χ1) is 8.26. The molecule has 0 saturated carbocycles. The van der Waals surface area contributed by atoms with E-state index in [4.69, 9.17) is 0 Å². The van der Waals surface area contributed by atoms with Gasteiger partial charge < -0.3 is 5.32 Å². The Morgan fingerprint density at radius 3 is 2.50 bits per heavy atom. The number of alkyl halides is 3. The highest BCUT2D eigenvalue weighted by Gasteiger charge is 2.34. The number of hydrogen-bond acceptors (Lipinski definition) is 3. The fraction of sp³-hybridized carbons (Fsp3) is 0.273. The zero-order valence-corrected chi connectivity index (χ0v) is 10.2. The summed E-state index contributed by atoms with van der Waals surface area (Å²) >= 11 is 0. The van der Waals surface area contributed by atoms with Crippen LogP contribution in [0, 0.1) is 0 Å². The molecule has 0 saturated heterocycles. The van der Waals surface area contributed by atoms with Gasteiger partial charge in [-0.05, 0) is 36.9 Å². The molecule has 7 heteroatoms. The van der Waals surface area contributed by atoms with Crippen molar-refractivity contribution in [1.82, 2.24) is 5.32 Å². The number of halogens is 3. The maximum Gasteiger partial charge on any atom is 0.416 e. The van der Waals surface area contributed by atoms with Crippen molar-refractivity contribution in [2.24, 2.45) is 0 Å². The zero-order valence-electron chi connectivity index (χ0n) is 9.38. The number of hydrogen-bond donors (Lipinski definition) is 1. The maximum absolute atomic E-state index is 12.5. The average Bonchev–Trinajstić information content (AvgIpc) is 2.50. The standard InChI is InChI=1S/C11H10F3NO2S/c1-15-6-9-5-7-4-8(11(12,13)14)2-3-10(7)18(9,16)17/h2-5,15H,6H2,1H3. The molecule has 3 nitrogen and oxygen atoms in total. The number of rotatable bonds is 2. The van der Waals surface area contributed by atoms with Crippen LogP contribution in [0.25, 0.3) is 6.08 Å². The van der Waals surface area contributed by atoms with Crippen LogP contribution in [-0.2, 0) is 16.0 Å². The van der Waals surface area contributed by atoms with Gasteiger partial charge in [-0.25, -0.2) is 8.42 Å². The first-order valence-electron chi connectivity index (χ1n) is 5.08. The summed E-state index contributed by atoms with van der Waals surface area (Å²) in [7, 11) is -2.07. The Morgan fingerprint density at radius 2 is 1.94 bits per heavy atom. The molecule has 0 unspecified atom stereocenters. The van der Waals surface area contributed by atoms with E-state index in [2.05, 4.69) is 5.32 Å². The highest BCUT2D eigenvalue weighted by molar-refractivity contribution is 7.95. The van der Waals surface area contributed by atoms with Crippen LogP contribution in [0.1, 0.15) is 11.1 Å². The van der Waals surface area contributed by atoms with E-state index in [1.165, 1.54) is 6.08 Å². The minimum absolute atomic E-state index is 0.0687. The minimum Gasteiger partial charge on any atom is -0.315 e. The van der Waals surface area contributed by atoms with E-state index in [0.717, 1.165) is 18.2 Å². The molecule has 2 rings (SSSR count). The molecule has 1 aliphatic heterocycles. The van der Waals surface area contributed by atoms with Crippen LogP contribution in [-0.4, -0.2) is 22.0 Å². The monoisotopic (exact) mass is 277 g/mol. The van der Waals surface area contributed by atoms with Gasteiger partial charge in [0.05, 0.1) is 15.4 Å². The van der Waals surface area contributed by atoms with Crippen LogP contribution in [0.4, 0.5) is 13.2 Å². The van der Waals surface area contributed by atoms with Gasteiger partial charge in [-0.1, -0.05) is 0 Å². The molecule has 1 N–H and O–H groups in total. The fourth-order valence-electron chi connectivity index (χ4n) is 1.79.